The quantitative estimate of drug-likeness (QED) is 0.231. The van der Waals surface area contributed by atoms with Crippen LogP contribution < -0.4 is 0 Å². The second kappa shape index (κ2) is 11.4. The van der Waals surface area contributed by atoms with Crippen molar-refractivity contribution in [2.45, 2.75) is 58.2 Å². The normalized spacial score (nSPS) is 20.3. The van der Waals surface area contributed by atoms with Crippen molar-refractivity contribution in [3.63, 3.8) is 0 Å². The van der Waals surface area contributed by atoms with Crippen molar-refractivity contribution >= 4 is 40.9 Å². The maximum Gasteiger partial charge on any atom is 0.316 e. The fourth-order valence-electron chi connectivity index (χ4n) is 4.68. The number of carbonyl (C=O) groups is 1. The molecule has 0 amide bonds. The van der Waals surface area contributed by atoms with E-state index in [0.717, 1.165) is 29.7 Å². The van der Waals surface area contributed by atoms with Crippen molar-refractivity contribution in [1.29, 1.82) is 0 Å². The molecule has 5 nitrogen and oxygen atoms in total. The van der Waals surface area contributed by atoms with E-state index in [0.29, 0.717) is 38.8 Å². The Labute approximate surface area is 221 Å². The Morgan fingerprint density at radius 3 is 2.57 bits per heavy atom. The summed E-state index contributed by atoms with van der Waals surface area (Å²) in [7, 11) is 0. The summed E-state index contributed by atoms with van der Waals surface area (Å²) in [4.78, 5) is 12.9. The standard InChI is InChI=1S/C27H31Cl2N3O2S/c1-16(2)22-12-5-17(3)13-24(22)34-25(33)15-35-27-31-30-26(19-7-9-20(28)10-8-19)32(27)21-11-6-18(4)23(29)14-21/h6-11,14,16-17,22,24H,5,12-13,15H2,1-4H3. The van der Waals surface area contributed by atoms with Crippen LogP contribution in [0.15, 0.2) is 47.6 Å². The van der Waals surface area contributed by atoms with Crippen LogP contribution >= 0.6 is 35.0 Å². The van der Waals surface area contributed by atoms with Gasteiger partial charge in [-0.15, -0.1) is 10.2 Å². The van der Waals surface area contributed by atoms with Crippen LogP contribution in [0.1, 0.15) is 45.6 Å². The molecule has 8 heteroatoms. The Hall–Kier alpha value is -2.02. The first kappa shape index (κ1) is 26.1. The molecule has 0 saturated heterocycles. The maximum atomic E-state index is 12.9. The number of aromatic nitrogens is 3. The van der Waals surface area contributed by atoms with Crippen LogP contribution in [0.2, 0.25) is 10.0 Å². The largest absolute Gasteiger partial charge is 0.461 e. The zero-order valence-electron chi connectivity index (χ0n) is 20.5. The summed E-state index contributed by atoms with van der Waals surface area (Å²) < 4.78 is 7.91. The van der Waals surface area contributed by atoms with Crippen molar-refractivity contribution in [1.82, 2.24) is 14.8 Å². The molecule has 1 aliphatic rings. The molecule has 0 radical (unpaired) electrons. The lowest BCUT2D eigenvalue weighted by Gasteiger charge is -2.36. The van der Waals surface area contributed by atoms with E-state index in [1.165, 1.54) is 18.2 Å². The molecule has 1 heterocycles. The number of hydrogen-bond acceptors (Lipinski definition) is 5. The molecule has 1 saturated carbocycles. The number of esters is 1. The monoisotopic (exact) mass is 531 g/mol. The van der Waals surface area contributed by atoms with Gasteiger partial charge in [0, 0.05) is 15.6 Å². The molecule has 1 aliphatic carbocycles. The van der Waals surface area contributed by atoms with Crippen LogP contribution in [0.25, 0.3) is 17.1 Å². The third-order valence-corrected chi connectivity index (χ3v) is 8.27. The number of thioether (sulfide) groups is 1. The molecule has 0 aliphatic heterocycles. The summed E-state index contributed by atoms with van der Waals surface area (Å²) in [5.74, 6) is 2.07. The van der Waals surface area contributed by atoms with Gasteiger partial charge in [0.05, 0.1) is 11.4 Å². The summed E-state index contributed by atoms with van der Waals surface area (Å²) in [5.41, 5.74) is 2.67. The minimum atomic E-state index is -0.218. The number of benzene rings is 2. The molecule has 3 aromatic rings. The van der Waals surface area contributed by atoms with Crippen LogP contribution in [-0.2, 0) is 9.53 Å². The van der Waals surface area contributed by atoms with Gasteiger partial charge >= 0.3 is 5.97 Å². The minimum Gasteiger partial charge on any atom is -0.461 e. The summed E-state index contributed by atoms with van der Waals surface area (Å²) in [6, 6.07) is 13.3. The van der Waals surface area contributed by atoms with Gasteiger partial charge in [-0.25, -0.2) is 0 Å². The van der Waals surface area contributed by atoms with Crippen molar-refractivity contribution in [2.75, 3.05) is 5.75 Å². The lowest BCUT2D eigenvalue weighted by Crippen LogP contribution is -2.36. The van der Waals surface area contributed by atoms with Crippen LogP contribution in [0.4, 0.5) is 0 Å². The topological polar surface area (TPSA) is 57.0 Å². The molecule has 3 unspecified atom stereocenters. The molecule has 4 rings (SSSR count). The van der Waals surface area contributed by atoms with Crippen LogP contribution in [0.3, 0.4) is 0 Å². The fourth-order valence-corrected chi connectivity index (χ4v) is 5.71. The second-order valence-electron chi connectivity index (χ2n) is 9.73. The SMILES string of the molecule is Cc1ccc(-n2c(SCC(=O)OC3CC(C)CCC3C(C)C)nnc2-c2ccc(Cl)cc2)cc1Cl. The predicted octanol–water partition coefficient (Wildman–Crippen LogP) is 7.65. The van der Waals surface area contributed by atoms with Crippen LogP contribution in [0, 0.1) is 24.7 Å². The summed E-state index contributed by atoms with van der Waals surface area (Å²) in [5, 5.41) is 10.7. The van der Waals surface area contributed by atoms with Crippen molar-refractivity contribution in [2.24, 2.45) is 17.8 Å². The van der Waals surface area contributed by atoms with Gasteiger partial charge in [0.1, 0.15) is 6.10 Å². The fraction of sp³-hybridized carbons (Fsp3) is 0.444. The molecule has 2 aromatic carbocycles. The Morgan fingerprint density at radius 2 is 1.89 bits per heavy atom. The van der Waals surface area contributed by atoms with Crippen LogP contribution in [0.5, 0.6) is 0 Å². The predicted molar refractivity (Wildman–Crippen MR) is 143 cm³/mol. The molecule has 186 valence electrons. The molecule has 0 bridgehead atoms. The molecule has 0 N–H and O–H groups in total. The molecule has 1 aromatic heterocycles. The lowest BCUT2D eigenvalue weighted by atomic mass is 9.75. The highest BCUT2D eigenvalue weighted by atomic mass is 35.5. The smallest absolute Gasteiger partial charge is 0.316 e. The molecule has 1 fully saturated rings. The van der Waals surface area contributed by atoms with E-state index in [2.05, 4.69) is 31.0 Å². The zero-order chi connectivity index (χ0) is 25.1. The van der Waals surface area contributed by atoms with E-state index < -0.39 is 0 Å². The average molecular weight is 533 g/mol. The first-order valence-corrected chi connectivity index (χ1v) is 13.8. The number of rotatable bonds is 7. The Morgan fingerprint density at radius 1 is 1.14 bits per heavy atom. The Bertz CT molecular complexity index is 1180. The number of ether oxygens (including phenoxy) is 1. The summed E-state index contributed by atoms with van der Waals surface area (Å²) >= 11 is 13.8. The van der Waals surface area contributed by atoms with Crippen LogP contribution in [-0.4, -0.2) is 32.6 Å². The van der Waals surface area contributed by atoms with Gasteiger partial charge in [-0.05, 0) is 79.5 Å². The second-order valence-corrected chi connectivity index (χ2v) is 11.5. The number of nitrogens with zero attached hydrogens (tertiary/aromatic N) is 3. The van der Waals surface area contributed by atoms with Gasteiger partial charge in [0.15, 0.2) is 11.0 Å². The van der Waals surface area contributed by atoms with Gasteiger partial charge in [-0.2, -0.15) is 0 Å². The van der Waals surface area contributed by atoms with Gasteiger partial charge in [-0.3, -0.25) is 9.36 Å². The van der Waals surface area contributed by atoms with E-state index in [4.69, 9.17) is 27.9 Å². The van der Waals surface area contributed by atoms with E-state index >= 15 is 0 Å². The minimum absolute atomic E-state index is 0.0229. The lowest BCUT2D eigenvalue weighted by molar-refractivity contribution is -0.152. The molecule has 3 atom stereocenters. The molecular formula is C27H31Cl2N3O2S. The highest BCUT2D eigenvalue weighted by Gasteiger charge is 2.33. The Kier molecular flexibility index (Phi) is 8.46. The number of hydrogen-bond donors (Lipinski definition) is 0. The van der Waals surface area contributed by atoms with E-state index in [1.54, 1.807) is 0 Å². The average Bonchev–Trinajstić information content (AvgIpc) is 3.24. The van der Waals surface area contributed by atoms with Gasteiger partial charge in [0.25, 0.3) is 0 Å². The summed E-state index contributed by atoms with van der Waals surface area (Å²) in [6.45, 7) is 8.62. The van der Waals surface area contributed by atoms with E-state index in [-0.39, 0.29) is 17.8 Å². The highest BCUT2D eigenvalue weighted by Crippen LogP contribution is 2.36. The summed E-state index contributed by atoms with van der Waals surface area (Å²) in [6.07, 6.45) is 3.21. The zero-order valence-corrected chi connectivity index (χ0v) is 22.8. The Balaban J connectivity index is 1.57. The molecule has 35 heavy (non-hydrogen) atoms. The van der Waals surface area contributed by atoms with Gasteiger partial charge in [0.2, 0.25) is 0 Å². The number of carbonyl (C=O) groups excluding carboxylic acids is 1. The van der Waals surface area contributed by atoms with Crippen molar-refractivity contribution in [3.05, 3.63) is 58.1 Å². The third-order valence-electron chi connectivity index (χ3n) is 6.71. The van der Waals surface area contributed by atoms with Crippen molar-refractivity contribution in [3.8, 4) is 17.1 Å². The first-order valence-electron chi connectivity index (χ1n) is 12.0. The van der Waals surface area contributed by atoms with Crippen molar-refractivity contribution < 1.29 is 9.53 Å². The maximum absolute atomic E-state index is 12.9. The van der Waals surface area contributed by atoms with Gasteiger partial charge in [-0.1, -0.05) is 68.2 Å². The number of aryl methyl sites for hydroxylation is 1. The highest BCUT2D eigenvalue weighted by molar-refractivity contribution is 7.99. The number of halogens is 2. The third kappa shape index (κ3) is 6.22. The van der Waals surface area contributed by atoms with E-state index in [9.17, 15) is 4.79 Å². The molecule has 0 spiro atoms. The van der Waals surface area contributed by atoms with E-state index in [1.807, 2.05) is 54.0 Å². The molecular weight excluding hydrogens is 501 g/mol. The van der Waals surface area contributed by atoms with Gasteiger partial charge < -0.3 is 4.74 Å². The first-order chi connectivity index (χ1) is 16.7.